The molecule has 2 aromatic rings. The predicted molar refractivity (Wildman–Crippen MR) is 128 cm³/mol. The summed E-state index contributed by atoms with van der Waals surface area (Å²) in [6.45, 7) is 5.35. The molecule has 2 aliphatic rings. The quantitative estimate of drug-likeness (QED) is 0.669. The molecule has 1 atom stereocenters. The fraction of sp³-hybridized carbons (Fsp3) is 0.391. The fourth-order valence-electron chi connectivity index (χ4n) is 4.15. The molecule has 0 aliphatic carbocycles. The van der Waals surface area contributed by atoms with Crippen LogP contribution in [0.2, 0.25) is 5.02 Å². The molecule has 0 saturated carbocycles. The van der Waals surface area contributed by atoms with Gasteiger partial charge in [-0.25, -0.2) is 13.2 Å². The molecule has 2 heterocycles. The van der Waals surface area contributed by atoms with E-state index in [9.17, 15) is 18.0 Å². The van der Waals surface area contributed by atoms with Gasteiger partial charge in [-0.05, 0) is 74.6 Å². The number of carbonyl (C=O) groups is 2. The maximum Gasteiger partial charge on any atom is 0.324 e. The van der Waals surface area contributed by atoms with Gasteiger partial charge in [0, 0.05) is 36.0 Å². The van der Waals surface area contributed by atoms with Crippen molar-refractivity contribution in [2.24, 2.45) is 0 Å². The third-order valence-electron chi connectivity index (χ3n) is 6.05. The van der Waals surface area contributed by atoms with Crippen LogP contribution in [0.5, 0.6) is 0 Å². The highest BCUT2D eigenvalue weighted by molar-refractivity contribution is 7.89. The second-order valence-electron chi connectivity index (χ2n) is 8.46. The van der Waals surface area contributed by atoms with Gasteiger partial charge in [-0.1, -0.05) is 17.7 Å². The van der Waals surface area contributed by atoms with Gasteiger partial charge < -0.3 is 10.2 Å². The number of rotatable bonds is 5. The third-order valence-corrected chi connectivity index (χ3v) is 7.82. The van der Waals surface area contributed by atoms with Crippen LogP contribution in [0.4, 0.5) is 16.2 Å². The highest BCUT2D eigenvalue weighted by Crippen LogP contribution is 2.31. The molecule has 0 aromatic heterocycles. The fourth-order valence-corrected chi connectivity index (χ4v) is 5.57. The minimum absolute atomic E-state index is 0.0263. The first-order valence-corrected chi connectivity index (χ1v) is 12.8. The largest absolute Gasteiger partial charge is 0.324 e. The monoisotopic (exact) mass is 490 g/mol. The van der Waals surface area contributed by atoms with E-state index in [1.54, 1.807) is 35.2 Å². The van der Waals surface area contributed by atoms with Crippen molar-refractivity contribution in [1.82, 2.24) is 9.62 Å². The molecule has 2 aromatic carbocycles. The van der Waals surface area contributed by atoms with E-state index in [-0.39, 0.29) is 10.9 Å². The number of carbonyl (C=O) groups excluding carboxylic acids is 2. The topological polar surface area (TPSA) is 98.8 Å². The molecule has 3 amide bonds. The van der Waals surface area contributed by atoms with Gasteiger partial charge in [0.1, 0.15) is 0 Å². The number of likely N-dealkylation sites (tertiary alicyclic amines) is 1. The first-order chi connectivity index (χ1) is 15.7. The van der Waals surface area contributed by atoms with Crippen molar-refractivity contribution in [3.63, 3.8) is 0 Å². The maximum absolute atomic E-state index is 12.9. The van der Waals surface area contributed by atoms with Gasteiger partial charge in [-0.3, -0.25) is 9.69 Å². The summed E-state index contributed by atoms with van der Waals surface area (Å²) in [5.41, 5.74) is 2.89. The van der Waals surface area contributed by atoms with Crippen molar-refractivity contribution in [3.05, 3.63) is 52.5 Å². The lowest BCUT2D eigenvalue weighted by Gasteiger charge is -2.24. The Labute approximate surface area is 198 Å². The maximum atomic E-state index is 12.9. The van der Waals surface area contributed by atoms with Crippen molar-refractivity contribution < 1.29 is 18.0 Å². The second-order valence-corrected chi connectivity index (χ2v) is 10.6. The van der Waals surface area contributed by atoms with Gasteiger partial charge in [0.15, 0.2) is 0 Å². The number of benzene rings is 2. The summed E-state index contributed by atoms with van der Waals surface area (Å²) in [4.78, 5) is 29.0. The molecule has 0 unspecified atom stereocenters. The van der Waals surface area contributed by atoms with Crippen LogP contribution >= 0.6 is 11.6 Å². The Morgan fingerprint density at radius 3 is 2.52 bits per heavy atom. The van der Waals surface area contributed by atoms with Crippen LogP contribution in [-0.4, -0.2) is 50.9 Å². The van der Waals surface area contributed by atoms with Crippen LogP contribution in [-0.2, 0) is 21.2 Å². The van der Waals surface area contributed by atoms with Gasteiger partial charge in [-0.2, -0.15) is 4.72 Å². The highest BCUT2D eigenvalue weighted by Gasteiger charge is 2.31. The summed E-state index contributed by atoms with van der Waals surface area (Å²) < 4.78 is 28.3. The Kier molecular flexibility index (Phi) is 6.65. The molecule has 33 heavy (non-hydrogen) atoms. The Morgan fingerprint density at radius 1 is 1.06 bits per heavy atom. The van der Waals surface area contributed by atoms with Gasteiger partial charge in [0.2, 0.25) is 15.9 Å². The highest BCUT2D eigenvalue weighted by atomic mass is 35.5. The number of amides is 3. The van der Waals surface area contributed by atoms with Crippen LogP contribution < -0.4 is 14.9 Å². The van der Waals surface area contributed by atoms with Gasteiger partial charge in [0.05, 0.1) is 10.9 Å². The molecular weight excluding hydrogens is 464 g/mol. The minimum atomic E-state index is -3.94. The number of hydrogen-bond acceptors (Lipinski definition) is 4. The summed E-state index contributed by atoms with van der Waals surface area (Å²) in [7, 11) is -3.94. The number of nitrogens with one attached hydrogen (secondary N) is 2. The first-order valence-electron chi connectivity index (χ1n) is 10.9. The Balaban J connectivity index is 1.46. The van der Waals surface area contributed by atoms with Crippen molar-refractivity contribution in [3.8, 4) is 0 Å². The molecule has 8 nitrogen and oxygen atoms in total. The Hall–Kier alpha value is -2.62. The third kappa shape index (κ3) is 5.00. The Morgan fingerprint density at radius 2 is 1.79 bits per heavy atom. The van der Waals surface area contributed by atoms with Crippen molar-refractivity contribution in [2.75, 3.05) is 29.9 Å². The van der Waals surface area contributed by atoms with E-state index in [2.05, 4.69) is 10.0 Å². The van der Waals surface area contributed by atoms with E-state index in [4.69, 9.17) is 11.6 Å². The van der Waals surface area contributed by atoms with E-state index in [1.165, 1.54) is 13.0 Å². The molecular formula is C23H27ClN4O4S. The van der Waals surface area contributed by atoms with E-state index in [1.807, 2.05) is 11.8 Å². The number of aryl methyl sites for hydroxylation is 1. The SMILES string of the molecule is Cc1ccc(Cl)cc1NC(=O)[C@H](C)NS(=O)(=O)c1ccc2c(c1)CCN2C(=O)N1CCCC1. The second kappa shape index (κ2) is 9.32. The van der Waals surface area contributed by atoms with E-state index in [0.29, 0.717) is 23.7 Å². The Bertz CT molecular complexity index is 1190. The molecule has 176 valence electrons. The standard InChI is InChI=1S/C23H27ClN4O4S/c1-15-5-6-18(24)14-20(15)25-22(29)16(2)26-33(31,32)19-7-8-21-17(13-19)9-12-28(21)23(30)27-10-3-4-11-27/h5-8,13-14,16,26H,3-4,9-12H2,1-2H3,(H,25,29)/t16-/m0/s1. The summed E-state index contributed by atoms with van der Waals surface area (Å²) >= 11 is 5.99. The molecule has 0 spiro atoms. The number of anilines is 2. The minimum Gasteiger partial charge on any atom is -0.324 e. The predicted octanol–water partition coefficient (Wildman–Crippen LogP) is 3.53. The molecule has 1 fully saturated rings. The number of halogens is 1. The zero-order valence-corrected chi connectivity index (χ0v) is 20.2. The van der Waals surface area contributed by atoms with Crippen LogP contribution in [0.1, 0.15) is 30.9 Å². The van der Waals surface area contributed by atoms with Gasteiger partial charge in [0.25, 0.3) is 0 Å². The van der Waals surface area contributed by atoms with E-state index >= 15 is 0 Å². The molecule has 2 aliphatic heterocycles. The lowest BCUT2D eigenvalue weighted by Crippen LogP contribution is -2.41. The molecule has 0 radical (unpaired) electrons. The van der Waals surface area contributed by atoms with Gasteiger partial charge in [-0.15, -0.1) is 0 Å². The van der Waals surface area contributed by atoms with Gasteiger partial charge >= 0.3 is 6.03 Å². The number of urea groups is 1. The zero-order chi connectivity index (χ0) is 23.8. The van der Waals surface area contributed by atoms with E-state index in [0.717, 1.165) is 42.7 Å². The molecule has 1 saturated heterocycles. The smallest absolute Gasteiger partial charge is 0.324 e. The number of nitrogens with zero attached hydrogens (tertiary/aromatic N) is 2. The number of hydrogen-bond donors (Lipinski definition) is 2. The van der Waals surface area contributed by atoms with Crippen LogP contribution in [0.25, 0.3) is 0 Å². The van der Waals surface area contributed by atoms with Crippen LogP contribution in [0.15, 0.2) is 41.3 Å². The van der Waals surface area contributed by atoms with Crippen molar-refractivity contribution in [1.29, 1.82) is 0 Å². The number of fused-ring (bicyclic) bond motifs is 1. The van der Waals surface area contributed by atoms with Crippen molar-refractivity contribution in [2.45, 2.75) is 44.0 Å². The lowest BCUT2D eigenvalue weighted by molar-refractivity contribution is -0.117. The zero-order valence-electron chi connectivity index (χ0n) is 18.6. The first kappa shape index (κ1) is 23.5. The molecule has 2 N–H and O–H groups in total. The lowest BCUT2D eigenvalue weighted by atomic mass is 10.2. The van der Waals surface area contributed by atoms with Crippen LogP contribution in [0, 0.1) is 6.92 Å². The summed E-state index contributed by atoms with van der Waals surface area (Å²) in [6, 6.07) is 8.80. The normalized spacial score (nSPS) is 16.6. The van der Waals surface area contributed by atoms with Crippen molar-refractivity contribution >= 4 is 44.9 Å². The molecule has 4 rings (SSSR count). The summed E-state index contributed by atoms with van der Waals surface area (Å²) in [6.07, 6.45) is 2.61. The van der Waals surface area contributed by atoms with Crippen LogP contribution in [0.3, 0.4) is 0 Å². The average molecular weight is 491 g/mol. The summed E-state index contributed by atoms with van der Waals surface area (Å²) in [5, 5.41) is 3.18. The van der Waals surface area contributed by atoms with E-state index < -0.39 is 22.0 Å². The summed E-state index contributed by atoms with van der Waals surface area (Å²) in [5.74, 6) is -0.493. The average Bonchev–Trinajstić information content (AvgIpc) is 3.45. The molecule has 10 heteroatoms. The number of sulfonamides is 1. The molecule has 0 bridgehead atoms.